The number of amides is 2. The van der Waals surface area contributed by atoms with Gasteiger partial charge in [-0.3, -0.25) is 19.5 Å². The number of carbonyl (C=O) groups is 2. The molecule has 1 atom stereocenters. The molecule has 0 radical (unpaired) electrons. The molecule has 0 aliphatic carbocycles. The Morgan fingerprint density at radius 3 is 2.33 bits per heavy atom. The Morgan fingerprint density at radius 2 is 1.78 bits per heavy atom. The molecule has 0 aliphatic heterocycles. The molecule has 0 aliphatic rings. The number of hydrogen-bond acceptors (Lipinski definition) is 5. The van der Waals surface area contributed by atoms with Crippen LogP contribution >= 0.6 is 0 Å². The maximum absolute atomic E-state index is 11.5. The van der Waals surface area contributed by atoms with Crippen LogP contribution in [0.15, 0.2) is 48.5 Å². The summed E-state index contributed by atoms with van der Waals surface area (Å²) >= 11 is 0. The van der Waals surface area contributed by atoms with Crippen molar-refractivity contribution in [3.05, 3.63) is 54.1 Å². The monoisotopic (exact) mass is 391 g/mol. The first kappa shape index (κ1) is 20.4. The van der Waals surface area contributed by atoms with Crippen LogP contribution in [-0.2, 0) is 26.0 Å². The van der Waals surface area contributed by atoms with Crippen molar-refractivity contribution in [1.82, 2.24) is 5.48 Å². The number of anilines is 1. The van der Waals surface area contributed by atoms with Crippen molar-refractivity contribution in [2.45, 2.75) is 12.8 Å². The number of sulfonamides is 1. The number of nitrogens with one attached hydrogen (secondary N) is 2. The van der Waals surface area contributed by atoms with Gasteiger partial charge in [-0.1, -0.05) is 36.4 Å². The molecule has 0 aromatic heterocycles. The molecule has 0 saturated carbocycles. The third kappa shape index (κ3) is 6.39. The zero-order valence-corrected chi connectivity index (χ0v) is 15.5. The van der Waals surface area contributed by atoms with Crippen molar-refractivity contribution in [3.63, 3.8) is 0 Å². The molecule has 27 heavy (non-hydrogen) atoms. The van der Waals surface area contributed by atoms with Gasteiger partial charge >= 0.3 is 0 Å². The number of rotatable bonds is 8. The fourth-order valence-electron chi connectivity index (χ4n) is 2.64. The van der Waals surface area contributed by atoms with Crippen molar-refractivity contribution < 1.29 is 23.2 Å². The topological polar surface area (TPSA) is 139 Å². The molecule has 2 aromatic rings. The highest BCUT2D eigenvalue weighted by atomic mass is 32.2. The summed E-state index contributed by atoms with van der Waals surface area (Å²) in [7, 11) is -3.36. The molecule has 2 rings (SSSR count). The van der Waals surface area contributed by atoms with E-state index in [0.29, 0.717) is 5.69 Å². The van der Waals surface area contributed by atoms with E-state index in [1.807, 2.05) is 18.2 Å². The highest BCUT2D eigenvalue weighted by Gasteiger charge is 2.19. The van der Waals surface area contributed by atoms with Gasteiger partial charge in [-0.15, -0.1) is 0 Å². The first-order valence-corrected chi connectivity index (χ1v) is 9.96. The molecule has 8 nitrogen and oxygen atoms in total. The third-order valence-electron chi connectivity index (χ3n) is 3.89. The highest BCUT2D eigenvalue weighted by molar-refractivity contribution is 7.92. The van der Waals surface area contributed by atoms with E-state index in [2.05, 4.69) is 4.72 Å². The summed E-state index contributed by atoms with van der Waals surface area (Å²) in [5.41, 5.74) is 9.76. The van der Waals surface area contributed by atoms with Crippen LogP contribution < -0.4 is 15.9 Å². The second-order valence-electron chi connectivity index (χ2n) is 6.19. The van der Waals surface area contributed by atoms with E-state index in [0.717, 1.165) is 22.9 Å². The fourth-order valence-corrected chi connectivity index (χ4v) is 3.19. The molecule has 5 N–H and O–H groups in total. The number of primary amides is 1. The predicted octanol–water partition coefficient (Wildman–Crippen LogP) is 1.26. The van der Waals surface area contributed by atoms with Crippen LogP contribution in [0.4, 0.5) is 5.69 Å². The van der Waals surface area contributed by atoms with E-state index in [4.69, 9.17) is 10.9 Å². The van der Waals surface area contributed by atoms with Crippen molar-refractivity contribution >= 4 is 27.5 Å². The first-order chi connectivity index (χ1) is 12.7. The lowest BCUT2D eigenvalue weighted by atomic mass is 9.94. The number of benzene rings is 2. The van der Waals surface area contributed by atoms with Crippen molar-refractivity contribution in [2.24, 2.45) is 11.7 Å². The number of carbonyl (C=O) groups excluding carboxylic acids is 2. The largest absolute Gasteiger partial charge is 0.369 e. The number of hydrogen-bond donors (Lipinski definition) is 4. The van der Waals surface area contributed by atoms with Crippen LogP contribution in [0.5, 0.6) is 0 Å². The smallest absolute Gasteiger partial charge is 0.244 e. The zero-order valence-electron chi connectivity index (χ0n) is 14.7. The quantitative estimate of drug-likeness (QED) is 0.396. The van der Waals surface area contributed by atoms with Crippen LogP contribution in [0.1, 0.15) is 12.0 Å². The highest BCUT2D eigenvalue weighted by Crippen LogP contribution is 2.24. The summed E-state index contributed by atoms with van der Waals surface area (Å²) in [6, 6.07) is 14.2. The minimum absolute atomic E-state index is 0.202. The Morgan fingerprint density at radius 1 is 1.11 bits per heavy atom. The molecule has 0 bridgehead atoms. The van der Waals surface area contributed by atoms with Crippen LogP contribution in [0, 0.1) is 5.92 Å². The Bertz CT molecular complexity index is 926. The average molecular weight is 391 g/mol. The first-order valence-electron chi connectivity index (χ1n) is 8.07. The van der Waals surface area contributed by atoms with Crippen LogP contribution in [0.3, 0.4) is 0 Å². The Labute approximate surface area is 157 Å². The normalized spacial score (nSPS) is 12.2. The summed E-state index contributed by atoms with van der Waals surface area (Å²) in [6.07, 6.45) is 1.15. The maximum Gasteiger partial charge on any atom is 0.244 e. The summed E-state index contributed by atoms with van der Waals surface area (Å²) < 4.78 is 25.1. The van der Waals surface area contributed by atoms with Gasteiger partial charge < -0.3 is 5.73 Å². The third-order valence-corrected chi connectivity index (χ3v) is 4.50. The van der Waals surface area contributed by atoms with Crippen LogP contribution in [-0.4, -0.2) is 31.7 Å². The summed E-state index contributed by atoms with van der Waals surface area (Å²) in [6.45, 7) is 0. The van der Waals surface area contributed by atoms with Gasteiger partial charge in [-0.05, 0) is 35.2 Å². The van der Waals surface area contributed by atoms with Gasteiger partial charge in [0.1, 0.15) is 0 Å². The van der Waals surface area contributed by atoms with Gasteiger partial charge in [-0.2, -0.15) is 0 Å². The van der Waals surface area contributed by atoms with Gasteiger partial charge in [0, 0.05) is 12.1 Å². The van der Waals surface area contributed by atoms with E-state index in [9.17, 15) is 18.0 Å². The van der Waals surface area contributed by atoms with Gasteiger partial charge in [0.25, 0.3) is 0 Å². The lowest BCUT2D eigenvalue weighted by molar-refractivity contribution is -0.133. The number of nitrogens with two attached hydrogens (primary N) is 1. The lowest BCUT2D eigenvalue weighted by Gasteiger charge is -2.13. The van der Waals surface area contributed by atoms with Gasteiger partial charge in [0.05, 0.1) is 12.2 Å². The number of hydroxylamine groups is 1. The predicted molar refractivity (Wildman–Crippen MR) is 101 cm³/mol. The Balaban J connectivity index is 2.16. The zero-order chi connectivity index (χ0) is 20.0. The molecule has 9 heteroatoms. The maximum atomic E-state index is 11.5. The average Bonchev–Trinajstić information content (AvgIpc) is 2.60. The van der Waals surface area contributed by atoms with Crippen molar-refractivity contribution in [1.29, 1.82) is 0 Å². The second-order valence-corrected chi connectivity index (χ2v) is 7.94. The summed E-state index contributed by atoms with van der Waals surface area (Å²) in [5.74, 6) is -2.03. The van der Waals surface area contributed by atoms with E-state index in [1.165, 1.54) is 5.48 Å². The van der Waals surface area contributed by atoms with Gasteiger partial charge in [0.2, 0.25) is 21.8 Å². The minimum Gasteiger partial charge on any atom is -0.369 e. The molecular formula is C18H21N3O5S. The van der Waals surface area contributed by atoms with E-state index in [-0.39, 0.29) is 12.8 Å². The van der Waals surface area contributed by atoms with Crippen molar-refractivity contribution in [3.8, 4) is 11.1 Å². The standard InChI is InChI=1S/C18H21N3O5S/c1-27(25,26)21-16-4-2-3-14(10-16)13-7-5-12(6-8-13)9-15(18(19)23)11-17(22)20-24/h2-8,10,15,21,24H,9,11H2,1H3,(H2,19,23)(H,20,22)/t15-/m1/s1. The summed E-state index contributed by atoms with van der Waals surface area (Å²) in [4.78, 5) is 22.8. The van der Waals surface area contributed by atoms with Crippen LogP contribution in [0.25, 0.3) is 11.1 Å². The Kier molecular flexibility index (Phi) is 6.54. The lowest BCUT2D eigenvalue weighted by Crippen LogP contribution is -2.31. The molecule has 144 valence electrons. The van der Waals surface area contributed by atoms with Crippen LogP contribution in [0.2, 0.25) is 0 Å². The SMILES string of the molecule is CS(=O)(=O)Nc1cccc(-c2ccc(C[C@H](CC(=O)NO)C(N)=O)cc2)c1. The molecule has 0 saturated heterocycles. The Hall–Kier alpha value is -2.91. The van der Waals surface area contributed by atoms with E-state index >= 15 is 0 Å². The van der Waals surface area contributed by atoms with E-state index in [1.54, 1.807) is 30.3 Å². The molecule has 0 unspecified atom stereocenters. The van der Waals surface area contributed by atoms with E-state index < -0.39 is 27.8 Å². The molecule has 0 heterocycles. The minimum atomic E-state index is -3.36. The second kappa shape index (κ2) is 8.65. The van der Waals surface area contributed by atoms with Crippen molar-refractivity contribution in [2.75, 3.05) is 11.0 Å². The van der Waals surface area contributed by atoms with Gasteiger partial charge in [0.15, 0.2) is 0 Å². The fraction of sp³-hybridized carbons (Fsp3) is 0.222. The molecule has 2 amide bonds. The molecular weight excluding hydrogens is 370 g/mol. The molecule has 0 fully saturated rings. The molecule has 0 spiro atoms. The molecule has 2 aromatic carbocycles. The van der Waals surface area contributed by atoms with Gasteiger partial charge in [-0.25, -0.2) is 13.9 Å². The summed E-state index contributed by atoms with van der Waals surface area (Å²) in [5, 5.41) is 8.59.